The van der Waals surface area contributed by atoms with Crippen molar-refractivity contribution in [2.75, 3.05) is 5.43 Å². The Morgan fingerprint density at radius 2 is 2.14 bits per heavy atom. The topological polar surface area (TPSA) is 58.4 Å². The number of carbonyl (C=O) groups excluding carboxylic acids is 1. The summed E-state index contributed by atoms with van der Waals surface area (Å²) in [4.78, 5) is 16.7. The molecule has 8 heteroatoms. The molecule has 0 bridgehead atoms. The fraction of sp³-hybridized carbons (Fsp3) is 0. The third-order valence-electron chi connectivity index (χ3n) is 2.82. The lowest BCUT2D eigenvalue weighted by Crippen LogP contribution is -2.27. The zero-order valence-electron chi connectivity index (χ0n) is 11.1. The molecule has 2 heterocycles. The molecule has 0 unspecified atom stereocenters. The number of imidazole rings is 1. The van der Waals surface area contributed by atoms with Crippen LogP contribution >= 0.6 is 22.9 Å². The van der Waals surface area contributed by atoms with E-state index in [2.05, 4.69) is 15.8 Å². The maximum absolute atomic E-state index is 12.8. The Labute approximate surface area is 134 Å². The zero-order chi connectivity index (χ0) is 15.5. The van der Waals surface area contributed by atoms with Crippen molar-refractivity contribution in [1.29, 1.82) is 0 Å². The Morgan fingerprint density at radius 3 is 2.91 bits per heavy atom. The standard InChI is InChI=1S/C14H10ClFN4OS/c15-13-11(20-7-8-22-14(20)17-13)5-6-12(21)19-18-10-3-1-9(16)2-4-10/h1-8,18H,(H,19,21). The molecule has 0 aliphatic carbocycles. The third-order valence-corrected chi connectivity index (χ3v) is 3.86. The average molecular weight is 337 g/mol. The maximum atomic E-state index is 12.8. The van der Waals surface area contributed by atoms with Crippen LogP contribution in [0.15, 0.2) is 41.9 Å². The van der Waals surface area contributed by atoms with Gasteiger partial charge in [-0.15, -0.1) is 11.3 Å². The molecule has 0 spiro atoms. The van der Waals surface area contributed by atoms with Gasteiger partial charge in [-0.2, -0.15) is 0 Å². The Bertz CT molecular complexity index is 840. The average Bonchev–Trinajstić information content (AvgIpc) is 3.05. The molecule has 1 amide bonds. The first-order valence-corrected chi connectivity index (χ1v) is 7.50. The van der Waals surface area contributed by atoms with Crippen LogP contribution in [0.3, 0.4) is 0 Å². The second kappa shape index (κ2) is 6.17. The molecule has 0 radical (unpaired) electrons. The summed E-state index contributed by atoms with van der Waals surface area (Å²) in [5.41, 5.74) is 6.36. The van der Waals surface area contributed by atoms with Gasteiger partial charge in [-0.3, -0.25) is 20.0 Å². The molecule has 112 valence electrons. The largest absolute Gasteiger partial charge is 0.298 e. The summed E-state index contributed by atoms with van der Waals surface area (Å²) in [7, 11) is 0. The summed E-state index contributed by atoms with van der Waals surface area (Å²) in [5.74, 6) is -0.711. The second-order valence-corrected chi connectivity index (χ2v) is 5.53. The lowest BCUT2D eigenvalue weighted by molar-refractivity contribution is -0.115. The minimum atomic E-state index is -0.370. The van der Waals surface area contributed by atoms with Crippen LogP contribution in [-0.4, -0.2) is 15.3 Å². The van der Waals surface area contributed by atoms with Crippen molar-refractivity contribution in [3.05, 3.63) is 58.6 Å². The summed E-state index contributed by atoms with van der Waals surface area (Å²) >= 11 is 7.48. The Kier molecular flexibility index (Phi) is 4.08. The number of amides is 1. The van der Waals surface area contributed by atoms with E-state index in [1.165, 1.54) is 41.7 Å². The van der Waals surface area contributed by atoms with E-state index in [0.29, 0.717) is 16.5 Å². The summed E-state index contributed by atoms with van der Waals surface area (Å²) in [6.45, 7) is 0. The highest BCUT2D eigenvalue weighted by Gasteiger charge is 2.08. The Balaban J connectivity index is 1.65. The van der Waals surface area contributed by atoms with Gasteiger partial charge in [0, 0.05) is 17.7 Å². The van der Waals surface area contributed by atoms with Crippen LogP contribution in [0, 0.1) is 5.82 Å². The first-order valence-electron chi connectivity index (χ1n) is 6.24. The van der Waals surface area contributed by atoms with Crippen LogP contribution < -0.4 is 10.9 Å². The van der Waals surface area contributed by atoms with E-state index in [1.807, 2.05) is 11.6 Å². The number of thiazole rings is 1. The predicted octanol–water partition coefficient (Wildman–Crippen LogP) is 3.34. The normalized spacial score (nSPS) is 11.2. The van der Waals surface area contributed by atoms with Crippen molar-refractivity contribution in [3.8, 4) is 0 Å². The van der Waals surface area contributed by atoms with Crippen molar-refractivity contribution < 1.29 is 9.18 Å². The number of nitrogens with zero attached hydrogens (tertiary/aromatic N) is 2. The molecule has 0 aliphatic heterocycles. The molecule has 2 aromatic heterocycles. The van der Waals surface area contributed by atoms with E-state index in [-0.39, 0.29) is 11.7 Å². The Hall–Kier alpha value is -2.38. The zero-order valence-corrected chi connectivity index (χ0v) is 12.7. The lowest BCUT2D eigenvalue weighted by Gasteiger charge is -2.05. The molecule has 22 heavy (non-hydrogen) atoms. The number of rotatable bonds is 4. The highest BCUT2D eigenvalue weighted by molar-refractivity contribution is 7.15. The van der Waals surface area contributed by atoms with E-state index in [0.717, 1.165) is 4.96 Å². The molecule has 0 aliphatic rings. The fourth-order valence-electron chi connectivity index (χ4n) is 1.79. The number of fused-ring (bicyclic) bond motifs is 1. The Morgan fingerprint density at radius 1 is 1.36 bits per heavy atom. The summed E-state index contributed by atoms with van der Waals surface area (Å²) in [6.07, 6.45) is 4.74. The number of carbonyl (C=O) groups is 1. The van der Waals surface area contributed by atoms with Crippen LogP contribution in [0.5, 0.6) is 0 Å². The van der Waals surface area contributed by atoms with Gasteiger partial charge in [0.2, 0.25) is 0 Å². The molecule has 0 saturated heterocycles. The number of halogens is 2. The van der Waals surface area contributed by atoms with Gasteiger partial charge in [0.05, 0.1) is 11.4 Å². The van der Waals surface area contributed by atoms with Gasteiger partial charge in [-0.1, -0.05) is 11.6 Å². The molecule has 0 fully saturated rings. The number of hydrazine groups is 1. The highest BCUT2D eigenvalue weighted by atomic mass is 35.5. The van der Waals surface area contributed by atoms with Gasteiger partial charge in [-0.05, 0) is 30.3 Å². The van der Waals surface area contributed by atoms with Crippen LogP contribution in [0.1, 0.15) is 5.69 Å². The van der Waals surface area contributed by atoms with Crippen molar-refractivity contribution in [3.63, 3.8) is 0 Å². The van der Waals surface area contributed by atoms with Gasteiger partial charge in [0.15, 0.2) is 10.1 Å². The van der Waals surface area contributed by atoms with E-state index in [1.54, 1.807) is 10.5 Å². The van der Waals surface area contributed by atoms with Crippen molar-refractivity contribution >= 4 is 45.6 Å². The smallest absolute Gasteiger partial charge is 0.262 e. The second-order valence-electron chi connectivity index (χ2n) is 4.30. The van der Waals surface area contributed by atoms with E-state index < -0.39 is 0 Å². The lowest BCUT2D eigenvalue weighted by atomic mass is 10.3. The summed E-state index contributed by atoms with van der Waals surface area (Å²) in [6, 6.07) is 5.62. The molecule has 3 aromatic rings. The van der Waals surface area contributed by atoms with Gasteiger partial charge in [0.1, 0.15) is 5.82 Å². The number of benzene rings is 1. The molecule has 3 rings (SSSR count). The van der Waals surface area contributed by atoms with Crippen LogP contribution in [0.2, 0.25) is 5.15 Å². The summed E-state index contributed by atoms with van der Waals surface area (Å²) in [5, 5.41) is 2.22. The van der Waals surface area contributed by atoms with Gasteiger partial charge < -0.3 is 0 Å². The number of hydrogen-bond donors (Lipinski definition) is 2. The molecule has 5 nitrogen and oxygen atoms in total. The third kappa shape index (κ3) is 3.10. The minimum absolute atomic E-state index is 0.336. The van der Waals surface area contributed by atoms with Gasteiger partial charge >= 0.3 is 0 Å². The maximum Gasteiger partial charge on any atom is 0.262 e. The number of hydrogen-bond acceptors (Lipinski definition) is 4. The van der Waals surface area contributed by atoms with Crippen molar-refractivity contribution in [2.24, 2.45) is 0 Å². The molecule has 2 N–H and O–H groups in total. The number of nitrogens with one attached hydrogen (secondary N) is 2. The van der Waals surface area contributed by atoms with Crippen LogP contribution in [0.25, 0.3) is 11.0 Å². The van der Waals surface area contributed by atoms with Crippen LogP contribution in [0.4, 0.5) is 10.1 Å². The van der Waals surface area contributed by atoms with Gasteiger partial charge in [0.25, 0.3) is 5.91 Å². The summed E-state index contributed by atoms with van der Waals surface area (Å²) < 4.78 is 14.6. The molecule has 1 aromatic carbocycles. The predicted molar refractivity (Wildman–Crippen MR) is 85.3 cm³/mol. The molecular formula is C14H10ClFN4OS. The van der Waals surface area contributed by atoms with E-state index >= 15 is 0 Å². The first-order chi connectivity index (χ1) is 10.6. The van der Waals surface area contributed by atoms with Crippen LogP contribution in [-0.2, 0) is 4.79 Å². The monoisotopic (exact) mass is 336 g/mol. The number of anilines is 1. The molecular weight excluding hydrogens is 327 g/mol. The van der Waals surface area contributed by atoms with Gasteiger partial charge in [-0.25, -0.2) is 9.37 Å². The van der Waals surface area contributed by atoms with E-state index in [4.69, 9.17) is 11.6 Å². The quantitative estimate of drug-likeness (QED) is 0.567. The van der Waals surface area contributed by atoms with Crippen molar-refractivity contribution in [1.82, 2.24) is 14.8 Å². The molecule has 0 saturated carbocycles. The van der Waals surface area contributed by atoms with Crippen molar-refractivity contribution in [2.45, 2.75) is 0 Å². The molecule has 0 atom stereocenters. The van der Waals surface area contributed by atoms with E-state index in [9.17, 15) is 9.18 Å². The first kappa shape index (κ1) is 14.6. The highest BCUT2D eigenvalue weighted by Crippen LogP contribution is 2.22. The minimum Gasteiger partial charge on any atom is -0.298 e. The number of aromatic nitrogens is 2. The fourth-order valence-corrected chi connectivity index (χ4v) is 2.79. The SMILES string of the molecule is O=C(C=Cc1c(Cl)nc2sccn12)NNc1ccc(F)cc1.